The number of carbonyl (C=O) groups is 1. The molecule has 0 radical (unpaired) electrons. The van der Waals surface area contributed by atoms with Gasteiger partial charge in [-0.05, 0) is 32.7 Å². The van der Waals surface area contributed by atoms with Crippen molar-refractivity contribution in [2.45, 2.75) is 31.8 Å². The van der Waals surface area contributed by atoms with Crippen molar-refractivity contribution in [3.63, 3.8) is 0 Å². The summed E-state index contributed by atoms with van der Waals surface area (Å²) < 4.78 is 5.62. The average molecular weight is 212 g/mol. The molecular formula is C11H20N2O2. The molecule has 2 saturated heterocycles. The van der Waals surface area contributed by atoms with Crippen LogP contribution in [0.1, 0.15) is 26.2 Å². The molecule has 0 aromatic heterocycles. The minimum Gasteiger partial charge on any atom is -0.373 e. The summed E-state index contributed by atoms with van der Waals surface area (Å²) in [6.07, 6.45) is 3.12. The van der Waals surface area contributed by atoms with Crippen LogP contribution in [0.25, 0.3) is 0 Å². The molecule has 2 aliphatic heterocycles. The maximum Gasteiger partial charge on any atom is 0.224 e. The number of carbonyl (C=O) groups excluding carboxylic acids is 1. The van der Waals surface area contributed by atoms with Crippen molar-refractivity contribution in [3.05, 3.63) is 0 Å². The standard InChI is InChI=1S/C11H20N2O2/c1-11(4-2-6-15-11)8-13-10(14)9-3-5-12-7-9/h9,12H,2-8H2,1H3,(H,13,14)/t9-,11?/m0/s1. The van der Waals surface area contributed by atoms with Gasteiger partial charge in [0.2, 0.25) is 5.91 Å². The fraction of sp³-hybridized carbons (Fsp3) is 0.909. The van der Waals surface area contributed by atoms with Crippen molar-refractivity contribution in [1.82, 2.24) is 10.6 Å². The maximum atomic E-state index is 11.7. The van der Waals surface area contributed by atoms with Gasteiger partial charge in [0.05, 0.1) is 11.5 Å². The van der Waals surface area contributed by atoms with E-state index < -0.39 is 0 Å². The fourth-order valence-electron chi connectivity index (χ4n) is 2.27. The zero-order chi connectivity index (χ0) is 10.7. The van der Waals surface area contributed by atoms with E-state index in [1.54, 1.807) is 0 Å². The Hall–Kier alpha value is -0.610. The molecule has 2 N–H and O–H groups in total. The Bertz CT molecular complexity index is 231. The van der Waals surface area contributed by atoms with E-state index in [0.717, 1.165) is 39.0 Å². The van der Waals surface area contributed by atoms with Gasteiger partial charge in [-0.2, -0.15) is 0 Å². The third kappa shape index (κ3) is 2.69. The van der Waals surface area contributed by atoms with Crippen LogP contribution in [0.15, 0.2) is 0 Å². The molecule has 0 aromatic rings. The summed E-state index contributed by atoms with van der Waals surface area (Å²) in [5.41, 5.74) is -0.123. The summed E-state index contributed by atoms with van der Waals surface area (Å²) in [5, 5.41) is 6.20. The highest BCUT2D eigenvalue weighted by Crippen LogP contribution is 2.24. The van der Waals surface area contributed by atoms with Crippen LogP contribution < -0.4 is 10.6 Å². The monoisotopic (exact) mass is 212 g/mol. The van der Waals surface area contributed by atoms with Gasteiger partial charge in [0.15, 0.2) is 0 Å². The normalized spacial score (nSPS) is 35.7. The second-order valence-corrected chi connectivity index (χ2v) is 4.81. The van der Waals surface area contributed by atoms with Gasteiger partial charge in [0.25, 0.3) is 0 Å². The van der Waals surface area contributed by atoms with E-state index in [1.165, 1.54) is 0 Å². The molecule has 86 valence electrons. The number of rotatable bonds is 3. The molecule has 1 amide bonds. The molecule has 0 aromatic carbocycles. The zero-order valence-electron chi connectivity index (χ0n) is 9.34. The fourth-order valence-corrected chi connectivity index (χ4v) is 2.27. The molecule has 1 unspecified atom stereocenters. The van der Waals surface area contributed by atoms with Crippen molar-refractivity contribution in [2.24, 2.45) is 5.92 Å². The molecular weight excluding hydrogens is 192 g/mol. The molecule has 2 atom stereocenters. The lowest BCUT2D eigenvalue weighted by molar-refractivity contribution is -0.125. The number of ether oxygens (including phenoxy) is 1. The Morgan fingerprint density at radius 3 is 3.13 bits per heavy atom. The summed E-state index contributed by atoms with van der Waals surface area (Å²) in [6, 6.07) is 0. The Kier molecular flexibility index (Phi) is 3.26. The van der Waals surface area contributed by atoms with Gasteiger partial charge in [-0.1, -0.05) is 0 Å². The molecule has 4 nitrogen and oxygen atoms in total. The summed E-state index contributed by atoms with van der Waals surface area (Å²) in [5.74, 6) is 0.340. The molecule has 0 spiro atoms. The van der Waals surface area contributed by atoms with Crippen LogP contribution in [-0.2, 0) is 9.53 Å². The van der Waals surface area contributed by atoms with Gasteiger partial charge in [-0.15, -0.1) is 0 Å². The molecule has 0 bridgehead atoms. The summed E-state index contributed by atoms with van der Waals surface area (Å²) in [6.45, 7) is 5.35. The van der Waals surface area contributed by atoms with Gasteiger partial charge in [0.1, 0.15) is 0 Å². The number of nitrogens with one attached hydrogen (secondary N) is 2. The third-order valence-corrected chi connectivity index (χ3v) is 3.37. The van der Waals surface area contributed by atoms with E-state index in [1.807, 2.05) is 0 Å². The molecule has 2 fully saturated rings. The quantitative estimate of drug-likeness (QED) is 0.706. The highest BCUT2D eigenvalue weighted by Gasteiger charge is 2.31. The van der Waals surface area contributed by atoms with Crippen LogP contribution in [0.2, 0.25) is 0 Å². The highest BCUT2D eigenvalue weighted by atomic mass is 16.5. The second-order valence-electron chi connectivity index (χ2n) is 4.81. The number of hydrogen-bond donors (Lipinski definition) is 2. The first-order valence-electron chi connectivity index (χ1n) is 5.82. The van der Waals surface area contributed by atoms with E-state index in [2.05, 4.69) is 17.6 Å². The van der Waals surface area contributed by atoms with Crippen LogP contribution in [-0.4, -0.2) is 37.7 Å². The largest absolute Gasteiger partial charge is 0.373 e. The van der Waals surface area contributed by atoms with E-state index >= 15 is 0 Å². The van der Waals surface area contributed by atoms with Crippen LogP contribution in [0.5, 0.6) is 0 Å². The molecule has 15 heavy (non-hydrogen) atoms. The van der Waals surface area contributed by atoms with Crippen LogP contribution >= 0.6 is 0 Å². The first kappa shape index (κ1) is 10.9. The lowest BCUT2D eigenvalue weighted by Gasteiger charge is -2.24. The van der Waals surface area contributed by atoms with Crippen LogP contribution in [0.3, 0.4) is 0 Å². The van der Waals surface area contributed by atoms with E-state index in [9.17, 15) is 4.79 Å². The van der Waals surface area contributed by atoms with Crippen molar-refractivity contribution in [2.75, 3.05) is 26.2 Å². The molecule has 4 heteroatoms. The van der Waals surface area contributed by atoms with E-state index in [4.69, 9.17) is 4.74 Å². The summed E-state index contributed by atoms with van der Waals surface area (Å²) in [7, 11) is 0. The highest BCUT2D eigenvalue weighted by molar-refractivity contribution is 5.79. The van der Waals surface area contributed by atoms with Gasteiger partial charge in [0, 0.05) is 19.7 Å². The minimum atomic E-state index is -0.123. The van der Waals surface area contributed by atoms with Crippen LogP contribution in [0, 0.1) is 5.92 Å². The summed E-state index contributed by atoms with van der Waals surface area (Å²) in [4.78, 5) is 11.7. The van der Waals surface area contributed by atoms with Gasteiger partial charge in [-0.25, -0.2) is 0 Å². The molecule has 0 saturated carbocycles. The lowest BCUT2D eigenvalue weighted by Crippen LogP contribution is -2.42. The average Bonchev–Trinajstić information content (AvgIpc) is 2.85. The van der Waals surface area contributed by atoms with Crippen molar-refractivity contribution < 1.29 is 9.53 Å². The van der Waals surface area contributed by atoms with E-state index in [0.29, 0.717) is 6.54 Å². The topological polar surface area (TPSA) is 50.4 Å². The third-order valence-electron chi connectivity index (χ3n) is 3.37. The zero-order valence-corrected chi connectivity index (χ0v) is 9.34. The SMILES string of the molecule is CC1(CNC(=O)[C@H]2CCNC2)CCCO1. The smallest absolute Gasteiger partial charge is 0.224 e. The molecule has 0 aliphatic carbocycles. The Labute approximate surface area is 90.8 Å². The van der Waals surface area contributed by atoms with Gasteiger partial charge < -0.3 is 15.4 Å². The van der Waals surface area contributed by atoms with Crippen molar-refractivity contribution >= 4 is 5.91 Å². The predicted octanol–water partition coefficient (Wildman–Crippen LogP) is 0.281. The second kappa shape index (κ2) is 4.49. The predicted molar refractivity (Wildman–Crippen MR) is 57.6 cm³/mol. The van der Waals surface area contributed by atoms with E-state index in [-0.39, 0.29) is 17.4 Å². The molecule has 2 rings (SSSR count). The Morgan fingerprint density at radius 1 is 1.67 bits per heavy atom. The summed E-state index contributed by atoms with van der Waals surface area (Å²) >= 11 is 0. The number of amides is 1. The molecule has 2 aliphatic rings. The lowest BCUT2D eigenvalue weighted by atomic mass is 10.0. The van der Waals surface area contributed by atoms with Crippen molar-refractivity contribution in [3.8, 4) is 0 Å². The van der Waals surface area contributed by atoms with Crippen LogP contribution in [0.4, 0.5) is 0 Å². The Morgan fingerprint density at radius 2 is 2.53 bits per heavy atom. The van der Waals surface area contributed by atoms with Gasteiger partial charge in [-0.3, -0.25) is 4.79 Å². The minimum absolute atomic E-state index is 0.123. The van der Waals surface area contributed by atoms with Gasteiger partial charge >= 0.3 is 0 Å². The first-order valence-corrected chi connectivity index (χ1v) is 5.82. The first-order chi connectivity index (χ1) is 7.20. The Balaban J connectivity index is 1.74. The maximum absolute atomic E-state index is 11.7. The number of hydrogen-bond acceptors (Lipinski definition) is 3. The van der Waals surface area contributed by atoms with Crippen molar-refractivity contribution in [1.29, 1.82) is 0 Å². The molecule has 2 heterocycles.